The number of alkyl halides is 3. The number of amides is 1. The van der Waals surface area contributed by atoms with Crippen LogP contribution in [-0.4, -0.2) is 44.2 Å². The zero-order valence-electron chi connectivity index (χ0n) is 15.9. The molecule has 160 valence electrons. The van der Waals surface area contributed by atoms with Crippen LogP contribution in [0.4, 0.5) is 30.6 Å². The number of primary amides is 1. The molecule has 1 aromatic rings. The van der Waals surface area contributed by atoms with E-state index in [1.807, 2.05) is 6.07 Å². The van der Waals surface area contributed by atoms with E-state index in [9.17, 15) is 18.0 Å². The molecule has 0 saturated heterocycles. The lowest BCUT2D eigenvalue weighted by Crippen LogP contribution is -2.21. The van der Waals surface area contributed by atoms with E-state index in [4.69, 9.17) is 15.6 Å². The first-order valence-corrected chi connectivity index (χ1v) is 8.55. The van der Waals surface area contributed by atoms with Crippen LogP contribution in [0.15, 0.2) is 36.5 Å². The summed E-state index contributed by atoms with van der Waals surface area (Å²) >= 11 is 0. The van der Waals surface area contributed by atoms with Crippen LogP contribution >= 0.6 is 0 Å². The van der Waals surface area contributed by atoms with Gasteiger partial charge < -0.3 is 26.5 Å². The highest BCUT2D eigenvalue weighted by molar-refractivity contribution is 5.93. The van der Waals surface area contributed by atoms with Crippen molar-refractivity contribution in [2.24, 2.45) is 5.73 Å². The quantitative estimate of drug-likeness (QED) is 0.423. The van der Waals surface area contributed by atoms with Gasteiger partial charge in [-0.25, -0.2) is 9.78 Å². The first kappa shape index (κ1) is 22.5. The smallest absolute Gasteiger partial charge is 0.475 e. The minimum Gasteiger partial charge on any atom is -0.475 e. The van der Waals surface area contributed by atoms with Crippen molar-refractivity contribution in [3.05, 3.63) is 42.1 Å². The number of hydrogen-bond donors (Lipinski definition) is 5. The first-order valence-electron chi connectivity index (χ1n) is 8.55. The number of hydrogen-bond acceptors (Lipinski definition) is 6. The van der Waals surface area contributed by atoms with Gasteiger partial charge in [0.15, 0.2) is 0 Å². The van der Waals surface area contributed by atoms with E-state index in [0.717, 1.165) is 22.9 Å². The highest BCUT2D eigenvalue weighted by Gasteiger charge is 2.38. The lowest BCUT2D eigenvalue weighted by Gasteiger charge is -2.15. The summed E-state index contributed by atoms with van der Waals surface area (Å²) in [7, 11) is 0. The molecule has 30 heavy (non-hydrogen) atoms. The summed E-state index contributed by atoms with van der Waals surface area (Å²) in [4.78, 5) is 32.0. The fraction of sp³-hybridized carbons (Fsp3) is 0.222. The lowest BCUT2D eigenvalue weighted by atomic mass is 10.2. The van der Waals surface area contributed by atoms with Crippen molar-refractivity contribution >= 4 is 29.3 Å². The van der Waals surface area contributed by atoms with Gasteiger partial charge in [-0.3, -0.25) is 4.79 Å². The van der Waals surface area contributed by atoms with Crippen LogP contribution in [0.2, 0.25) is 0 Å². The molecule has 1 aromatic carbocycles. The number of rotatable bonds is 5. The Labute approximate surface area is 168 Å². The predicted molar refractivity (Wildman–Crippen MR) is 104 cm³/mol. The van der Waals surface area contributed by atoms with Gasteiger partial charge in [-0.1, -0.05) is 0 Å². The molecule has 0 atom stereocenters. The number of carbonyl (C=O) groups is 2. The Morgan fingerprint density at radius 2 is 1.77 bits per heavy atom. The molecule has 1 amide bonds. The second-order valence-electron chi connectivity index (χ2n) is 6.31. The Morgan fingerprint density at radius 1 is 1.17 bits per heavy atom. The number of aliphatic carboxylic acids is 1. The van der Waals surface area contributed by atoms with E-state index in [0.29, 0.717) is 11.5 Å². The van der Waals surface area contributed by atoms with Gasteiger partial charge in [-0.2, -0.15) is 18.2 Å². The molecule has 0 unspecified atom stereocenters. The molecule has 9 nitrogen and oxygen atoms in total. The fourth-order valence-electron chi connectivity index (χ4n) is 2.23. The molecular weight excluding hydrogens is 405 g/mol. The van der Waals surface area contributed by atoms with E-state index in [-0.39, 0.29) is 6.04 Å². The van der Waals surface area contributed by atoms with Crippen molar-refractivity contribution in [1.29, 1.82) is 0 Å². The number of carboxylic acid groups (broad SMARTS) is 1. The largest absolute Gasteiger partial charge is 0.490 e. The van der Waals surface area contributed by atoms with Gasteiger partial charge in [0.25, 0.3) is 0 Å². The molecular formula is C18H19F3N6O3. The number of H-pyrrole nitrogens is 1. The number of carboxylic acids is 1. The Morgan fingerprint density at radius 3 is 2.27 bits per heavy atom. The van der Waals surface area contributed by atoms with Crippen LogP contribution < -0.4 is 16.4 Å². The summed E-state index contributed by atoms with van der Waals surface area (Å²) in [5.74, 6) is -1.13. The summed E-state index contributed by atoms with van der Waals surface area (Å²) < 4.78 is 31.7. The molecule has 12 heteroatoms. The van der Waals surface area contributed by atoms with Crippen molar-refractivity contribution in [3.63, 3.8) is 0 Å². The maximum absolute atomic E-state index is 11.1. The molecule has 0 radical (unpaired) electrons. The van der Waals surface area contributed by atoms with Gasteiger partial charge in [0.05, 0.1) is 5.56 Å². The Hall–Kier alpha value is -3.83. The van der Waals surface area contributed by atoms with E-state index in [2.05, 4.69) is 39.4 Å². The zero-order chi connectivity index (χ0) is 22.5. The molecule has 0 bridgehead atoms. The third-order valence-corrected chi connectivity index (χ3v) is 3.52. The highest BCUT2D eigenvalue weighted by atomic mass is 19.4. The predicted octanol–water partition coefficient (Wildman–Crippen LogP) is 3.21. The monoisotopic (exact) mass is 424 g/mol. The minimum absolute atomic E-state index is 0.255. The molecule has 6 N–H and O–H groups in total. The number of aromatic nitrogens is 3. The van der Waals surface area contributed by atoms with Crippen molar-refractivity contribution in [1.82, 2.24) is 15.0 Å². The topological polar surface area (TPSA) is 146 Å². The number of halogens is 3. The maximum Gasteiger partial charge on any atom is 0.490 e. The summed E-state index contributed by atoms with van der Waals surface area (Å²) in [6.45, 7) is 4.10. The van der Waals surface area contributed by atoms with E-state index in [1.54, 1.807) is 30.5 Å². The standard InChI is InChI=1S/C16H18N6O.C2HF3O2/c1-9(2)19-15-12-7-8-18-14(12)21-16(22-15)20-11-5-3-10(4-6-11)13(17)23;3-2(4,5)1(6)7/h3-9H,1-2H3,(H2,17,23)(H3,18,19,20,21,22);(H,6,7). The fourth-order valence-corrected chi connectivity index (χ4v) is 2.23. The summed E-state index contributed by atoms with van der Waals surface area (Å²) in [6.07, 6.45) is -3.35. The van der Waals surface area contributed by atoms with Gasteiger partial charge >= 0.3 is 12.1 Å². The van der Waals surface area contributed by atoms with Crippen LogP contribution in [-0.2, 0) is 4.79 Å². The minimum atomic E-state index is -5.08. The van der Waals surface area contributed by atoms with E-state index < -0.39 is 18.1 Å². The highest BCUT2D eigenvalue weighted by Crippen LogP contribution is 2.28. The molecule has 3 rings (SSSR count). The van der Waals surface area contributed by atoms with Crippen molar-refractivity contribution in [2.75, 3.05) is 10.6 Å². The Balaban J connectivity index is 0.000000396. The van der Waals surface area contributed by atoms with Crippen molar-refractivity contribution in [2.45, 2.75) is 26.1 Å². The van der Waals surface area contributed by atoms with Crippen LogP contribution in [0.3, 0.4) is 0 Å². The van der Waals surface area contributed by atoms with Crippen LogP contribution in [0.5, 0.6) is 0 Å². The van der Waals surface area contributed by atoms with Gasteiger partial charge in [0, 0.05) is 23.5 Å². The number of fused-ring (bicyclic) bond motifs is 1. The van der Waals surface area contributed by atoms with Crippen LogP contribution in [0.1, 0.15) is 24.2 Å². The second kappa shape index (κ2) is 9.11. The zero-order valence-corrected chi connectivity index (χ0v) is 15.9. The molecule has 2 heterocycles. The molecule has 0 aromatic heterocycles. The number of aromatic amines is 1. The number of benzene rings is 1. The normalized spacial score (nSPS) is 11.0. The van der Waals surface area contributed by atoms with E-state index >= 15 is 0 Å². The summed E-state index contributed by atoms with van der Waals surface area (Å²) in [5.41, 5.74) is 7.43. The maximum atomic E-state index is 11.1. The van der Waals surface area contributed by atoms with Gasteiger partial charge in [0.1, 0.15) is 11.6 Å². The van der Waals surface area contributed by atoms with E-state index in [1.165, 1.54) is 0 Å². The van der Waals surface area contributed by atoms with Gasteiger partial charge in [-0.15, -0.1) is 0 Å². The molecule has 0 spiro atoms. The molecule has 0 saturated carbocycles. The number of nitrogens with two attached hydrogens (primary N) is 1. The average molecular weight is 424 g/mol. The number of nitrogens with zero attached hydrogens (tertiary/aromatic N) is 2. The number of anilines is 3. The molecule has 0 fully saturated rings. The summed E-state index contributed by atoms with van der Waals surface area (Å²) in [6, 6.07) is 9.04. The average Bonchev–Trinajstić information content (AvgIpc) is 3.10. The SMILES string of the molecule is CC(C)Nc1nc(Nc2ccc(C(N)=O)cc2)[nH]c2nccc1-2.O=C(O)C(F)(F)F. The third kappa shape index (κ3) is 6.09. The Bertz CT molecular complexity index is 986. The number of nitrogens with one attached hydrogen (secondary N) is 3. The number of carbonyl (C=O) groups excluding carboxylic acids is 1. The van der Waals surface area contributed by atoms with Crippen molar-refractivity contribution < 1.29 is 27.9 Å². The third-order valence-electron chi connectivity index (χ3n) is 3.52. The van der Waals surface area contributed by atoms with Crippen LogP contribution in [0.25, 0.3) is 11.4 Å². The lowest BCUT2D eigenvalue weighted by molar-refractivity contribution is -0.192. The van der Waals surface area contributed by atoms with Gasteiger partial charge in [0.2, 0.25) is 11.9 Å². The van der Waals surface area contributed by atoms with Crippen molar-refractivity contribution in [3.8, 4) is 11.4 Å². The molecule has 2 aliphatic rings. The van der Waals surface area contributed by atoms with Gasteiger partial charge in [-0.05, 0) is 44.2 Å². The first-order chi connectivity index (χ1) is 14.0. The Kier molecular flexibility index (Phi) is 6.82. The molecule has 0 aliphatic carbocycles. The second-order valence-corrected chi connectivity index (χ2v) is 6.31. The van der Waals surface area contributed by atoms with Crippen LogP contribution in [0, 0.1) is 0 Å². The summed E-state index contributed by atoms with van der Waals surface area (Å²) in [5, 5.41) is 13.6. The molecule has 2 aliphatic heterocycles.